The summed E-state index contributed by atoms with van der Waals surface area (Å²) in [5.74, 6) is 0.695. The molecule has 4 N–H and O–H groups in total. The van der Waals surface area contributed by atoms with Gasteiger partial charge in [-0.1, -0.05) is 0 Å². The minimum Gasteiger partial charge on any atom is -0.394 e. The number of hydrogen-bond acceptors (Lipinski definition) is 5. The van der Waals surface area contributed by atoms with Crippen molar-refractivity contribution >= 4 is 0 Å². The molecule has 0 spiro atoms. The molecule has 5 heteroatoms. The van der Waals surface area contributed by atoms with Crippen LogP contribution < -0.4 is 5.32 Å². The number of ether oxygens (including phenoxy) is 1. The Morgan fingerprint density at radius 2 is 2.00 bits per heavy atom. The molecule has 0 aromatic rings. The predicted octanol–water partition coefficient (Wildman–Crippen LogP) is -0.893. The lowest BCUT2D eigenvalue weighted by Crippen LogP contribution is -2.52. The predicted molar refractivity (Wildman–Crippen MR) is 60.1 cm³/mol. The van der Waals surface area contributed by atoms with Gasteiger partial charge in [0.2, 0.25) is 0 Å². The zero-order valence-electron chi connectivity index (χ0n) is 9.85. The molecule has 0 aliphatic heterocycles. The molecule has 5 nitrogen and oxygen atoms in total. The van der Waals surface area contributed by atoms with E-state index in [4.69, 9.17) is 14.9 Å². The van der Waals surface area contributed by atoms with E-state index >= 15 is 0 Å². The first-order valence-corrected chi connectivity index (χ1v) is 5.82. The first-order valence-electron chi connectivity index (χ1n) is 5.82. The molecule has 0 heterocycles. The molecule has 0 amide bonds. The molecule has 1 aliphatic rings. The second kappa shape index (κ2) is 6.51. The Morgan fingerprint density at radius 3 is 2.50 bits per heavy atom. The Hall–Kier alpha value is -0.200. The van der Waals surface area contributed by atoms with Gasteiger partial charge in [-0.15, -0.1) is 0 Å². The highest BCUT2D eigenvalue weighted by Crippen LogP contribution is 2.28. The highest BCUT2D eigenvalue weighted by atomic mass is 16.5. The number of aliphatic hydroxyl groups is 3. The Bertz CT molecular complexity index is 192. The Kier molecular flexibility index (Phi) is 5.64. The van der Waals surface area contributed by atoms with Crippen LogP contribution >= 0.6 is 0 Å². The van der Waals surface area contributed by atoms with E-state index in [1.165, 1.54) is 12.8 Å². The number of rotatable bonds is 9. The van der Waals surface area contributed by atoms with Gasteiger partial charge in [0.25, 0.3) is 0 Å². The van der Waals surface area contributed by atoms with Gasteiger partial charge in [0, 0.05) is 13.2 Å². The zero-order valence-corrected chi connectivity index (χ0v) is 9.85. The summed E-state index contributed by atoms with van der Waals surface area (Å²) in [6.45, 7) is 2.70. The van der Waals surface area contributed by atoms with E-state index in [0.717, 1.165) is 6.61 Å². The minimum atomic E-state index is -0.739. The lowest BCUT2D eigenvalue weighted by atomic mass is 10.1. The lowest BCUT2D eigenvalue weighted by Gasteiger charge is -2.27. The largest absolute Gasteiger partial charge is 0.394 e. The summed E-state index contributed by atoms with van der Waals surface area (Å²) in [7, 11) is 0. The summed E-state index contributed by atoms with van der Waals surface area (Å²) < 4.78 is 5.34. The number of aliphatic hydroxyl groups excluding tert-OH is 3. The van der Waals surface area contributed by atoms with Crippen molar-refractivity contribution in [1.29, 1.82) is 0 Å². The number of nitrogens with one attached hydrogen (secondary N) is 1. The SMILES string of the molecule is CC(CO)(CO)NCC(O)COCC1CC1. The van der Waals surface area contributed by atoms with E-state index in [1.54, 1.807) is 6.92 Å². The van der Waals surface area contributed by atoms with Gasteiger partial charge >= 0.3 is 0 Å². The van der Waals surface area contributed by atoms with Crippen molar-refractivity contribution in [2.75, 3.05) is 33.0 Å². The Balaban J connectivity index is 2.05. The van der Waals surface area contributed by atoms with Crippen LogP contribution in [0, 0.1) is 5.92 Å². The second-order valence-corrected chi connectivity index (χ2v) is 4.89. The van der Waals surface area contributed by atoms with Crippen LogP contribution in [-0.2, 0) is 4.74 Å². The van der Waals surface area contributed by atoms with E-state index in [-0.39, 0.29) is 13.2 Å². The molecular formula is C11H23NO4. The van der Waals surface area contributed by atoms with Crippen molar-refractivity contribution < 1.29 is 20.1 Å². The lowest BCUT2D eigenvalue weighted by molar-refractivity contribution is 0.0214. The molecule has 1 aliphatic carbocycles. The molecule has 0 aromatic carbocycles. The van der Waals surface area contributed by atoms with E-state index in [2.05, 4.69) is 5.32 Å². The summed E-state index contributed by atoms with van der Waals surface area (Å²) in [5, 5.41) is 30.5. The molecule has 0 radical (unpaired) electrons. The molecule has 1 saturated carbocycles. The van der Waals surface area contributed by atoms with Crippen LogP contribution in [0.15, 0.2) is 0 Å². The van der Waals surface area contributed by atoms with E-state index in [0.29, 0.717) is 19.1 Å². The number of hydrogen-bond donors (Lipinski definition) is 4. The van der Waals surface area contributed by atoms with E-state index < -0.39 is 11.6 Å². The van der Waals surface area contributed by atoms with Crippen LogP contribution in [0.1, 0.15) is 19.8 Å². The zero-order chi connectivity index (χ0) is 12.0. The van der Waals surface area contributed by atoms with Gasteiger partial charge in [-0.2, -0.15) is 0 Å². The van der Waals surface area contributed by atoms with Crippen LogP contribution in [0.3, 0.4) is 0 Å². The maximum absolute atomic E-state index is 9.59. The highest BCUT2D eigenvalue weighted by Gasteiger charge is 2.24. The van der Waals surface area contributed by atoms with Crippen molar-refractivity contribution in [3.8, 4) is 0 Å². The molecule has 0 saturated heterocycles. The molecule has 1 unspecified atom stereocenters. The summed E-state index contributed by atoms with van der Waals surface area (Å²) in [4.78, 5) is 0. The van der Waals surface area contributed by atoms with Crippen molar-refractivity contribution in [2.24, 2.45) is 5.92 Å². The van der Waals surface area contributed by atoms with Gasteiger partial charge < -0.3 is 25.4 Å². The van der Waals surface area contributed by atoms with Crippen LogP contribution in [0.5, 0.6) is 0 Å². The Morgan fingerprint density at radius 1 is 1.38 bits per heavy atom. The van der Waals surface area contributed by atoms with Crippen LogP contribution in [-0.4, -0.2) is 59.9 Å². The van der Waals surface area contributed by atoms with Gasteiger partial charge in [0.1, 0.15) is 0 Å². The molecule has 1 rings (SSSR count). The van der Waals surface area contributed by atoms with Crippen LogP contribution in [0.25, 0.3) is 0 Å². The number of β-amino-alcohol motifs (C(OH)–C–C–N with tert-alkyl or cyclic N) is 1. The summed E-state index contributed by atoms with van der Waals surface area (Å²) in [6, 6.07) is 0. The molecule has 96 valence electrons. The third-order valence-corrected chi connectivity index (χ3v) is 2.82. The normalized spacial score (nSPS) is 18.8. The third kappa shape index (κ3) is 5.23. The maximum Gasteiger partial charge on any atom is 0.0897 e. The first-order chi connectivity index (χ1) is 7.59. The molecule has 0 aromatic heterocycles. The van der Waals surface area contributed by atoms with Crippen LogP contribution in [0.4, 0.5) is 0 Å². The Labute approximate surface area is 96.4 Å². The van der Waals surface area contributed by atoms with E-state index in [1.807, 2.05) is 0 Å². The van der Waals surface area contributed by atoms with Gasteiger partial charge in [-0.3, -0.25) is 0 Å². The summed E-state index contributed by atoms with van der Waals surface area (Å²) >= 11 is 0. The average Bonchev–Trinajstić information content (AvgIpc) is 3.10. The maximum atomic E-state index is 9.59. The van der Waals surface area contributed by atoms with Crippen molar-refractivity contribution in [2.45, 2.75) is 31.4 Å². The summed E-state index contributed by atoms with van der Waals surface area (Å²) in [5.41, 5.74) is -0.739. The first kappa shape index (κ1) is 13.9. The van der Waals surface area contributed by atoms with Crippen molar-refractivity contribution in [3.63, 3.8) is 0 Å². The van der Waals surface area contributed by atoms with Gasteiger partial charge in [0.15, 0.2) is 0 Å². The smallest absolute Gasteiger partial charge is 0.0897 e. The van der Waals surface area contributed by atoms with Crippen LogP contribution in [0.2, 0.25) is 0 Å². The second-order valence-electron chi connectivity index (χ2n) is 4.89. The monoisotopic (exact) mass is 233 g/mol. The standard InChI is InChI=1S/C11H23NO4/c1-11(7-13,8-14)12-4-10(15)6-16-5-9-2-3-9/h9-10,12-15H,2-8H2,1H3. The van der Waals surface area contributed by atoms with Crippen molar-refractivity contribution in [3.05, 3.63) is 0 Å². The topological polar surface area (TPSA) is 82.0 Å². The molecular weight excluding hydrogens is 210 g/mol. The summed E-state index contributed by atoms with van der Waals surface area (Å²) in [6.07, 6.45) is 1.87. The molecule has 16 heavy (non-hydrogen) atoms. The van der Waals surface area contributed by atoms with Gasteiger partial charge in [-0.05, 0) is 25.7 Å². The quantitative estimate of drug-likeness (QED) is 0.415. The molecule has 0 bridgehead atoms. The molecule has 1 fully saturated rings. The highest BCUT2D eigenvalue weighted by molar-refractivity contribution is 4.82. The van der Waals surface area contributed by atoms with Crippen molar-refractivity contribution in [1.82, 2.24) is 5.32 Å². The third-order valence-electron chi connectivity index (χ3n) is 2.82. The van der Waals surface area contributed by atoms with E-state index in [9.17, 15) is 5.11 Å². The fourth-order valence-electron chi connectivity index (χ4n) is 1.24. The van der Waals surface area contributed by atoms with Gasteiger partial charge in [0.05, 0.1) is 31.5 Å². The fourth-order valence-corrected chi connectivity index (χ4v) is 1.24. The average molecular weight is 233 g/mol. The van der Waals surface area contributed by atoms with Gasteiger partial charge in [-0.25, -0.2) is 0 Å². The fraction of sp³-hybridized carbons (Fsp3) is 1.00. The minimum absolute atomic E-state index is 0.168. The molecule has 1 atom stereocenters.